The number of Topliss-reactive ketones (excluding diaryl/α,β-unsaturated/α-hetero) is 1. The van der Waals surface area contributed by atoms with Crippen molar-refractivity contribution in [3.8, 4) is 5.75 Å². The van der Waals surface area contributed by atoms with Crippen molar-refractivity contribution in [2.24, 2.45) is 0 Å². The Hall–Kier alpha value is -4.46. The second-order valence-corrected chi connectivity index (χ2v) is 8.46. The molecule has 4 aromatic rings. The zero-order valence-electron chi connectivity index (χ0n) is 18.3. The molecule has 2 aliphatic rings. The predicted molar refractivity (Wildman–Crippen MR) is 125 cm³/mol. The number of aliphatic hydroxyl groups excluding tert-OH is 1. The number of nitrogens with one attached hydrogen (secondary N) is 1. The van der Waals surface area contributed by atoms with E-state index in [1.54, 1.807) is 42.7 Å². The highest BCUT2D eigenvalue weighted by molar-refractivity contribution is 6.51. The van der Waals surface area contributed by atoms with E-state index in [0.29, 0.717) is 23.3 Å². The quantitative estimate of drug-likeness (QED) is 0.278. The van der Waals surface area contributed by atoms with Crippen molar-refractivity contribution in [1.29, 1.82) is 0 Å². The van der Waals surface area contributed by atoms with Gasteiger partial charge in [-0.15, -0.1) is 0 Å². The summed E-state index contributed by atoms with van der Waals surface area (Å²) in [5, 5.41) is 11.3. The summed E-state index contributed by atoms with van der Waals surface area (Å²) >= 11 is 0. The van der Waals surface area contributed by atoms with Gasteiger partial charge in [0.2, 0.25) is 5.95 Å². The summed E-state index contributed by atoms with van der Waals surface area (Å²) in [6.45, 7) is 2.54. The summed E-state index contributed by atoms with van der Waals surface area (Å²) in [7, 11) is 0. The molecule has 1 saturated heterocycles. The molecule has 2 aliphatic heterocycles. The third-order valence-electron chi connectivity index (χ3n) is 6.26. The van der Waals surface area contributed by atoms with E-state index in [9.17, 15) is 14.7 Å². The average Bonchev–Trinajstić information content (AvgIpc) is 3.55. The lowest BCUT2D eigenvalue weighted by molar-refractivity contribution is -0.132. The predicted octanol–water partition coefficient (Wildman–Crippen LogP) is 3.83. The molecule has 2 aromatic heterocycles. The number of imidazole rings is 1. The molecule has 0 spiro atoms. The normalized spacial score (nSPS) is 19.0. The summed E-state index contributed by atoms with van der Waals surface area (Å²) in [6.07, 6.45) is 3.91. The molecule has 8 nitrogen and oxygen atoms in total. The van der Waals surface area contributed by atoms with Crippen LogP contribution in [-0.2, 0) is 16.0 Å². The van der Waals surface area contributed by atoms with Gasteiger partial charge in [0, 0.05) is 24.4 Å². The number of aromatic nitrogens is 3. The van der Waals surface area contributed by atoms with Crippen molar-refractivity contribution >= 4 is 34.4 Å². The van der Waals surface area contributed by atoms with Gasteiger partial charge in [0.05, 0.1) is 29.3 Å². The summed E-state index contributed by atoms with van der Waals surface area (Å²) in [5.74, 6) is -0.789. The number of rotatable bonds is 3. The van der Waals surface area contributed by atoms with Gasteiger partial charge in [-0.3, -0.25) is 19.5 Å². The molecule has 0 radical (unpaired) electrons. The van der Waals surface area contributed by atoms with Crippen LogP contribution in [0.1, 0.15) is 28.3 Å². The van der Waals surface area contributed by atoms with E-state index in [2.05, 4.69) is 15.0 Å². The first-order valence-electron chi connectivity index (χ1n) is 10.9. The number of carbonyl (C=O) groups excluding carboxylic acids is 2. The zero-order valence-corrected chi connectivity index (χ0v) is 18.3. The molecule has 0 bridgehead atoms. The van der Waals surface area contributed by atoms with Gasteiger partial charge in [-0.25, -0.2) is 4.98 Å². The second kappa shape index (κ2) is 7.55. The Morgan fingerprint density at radius 2 is 2.06 bits per heavy atom. The van der Waals surface area contributed by atoms with Crippen LogP contribution in [0.5, 0.6) is 5.75 Å². The fourth-order valence-corrected chi connectivity index (χ4v) is 4.62. The van der Waals surface area contributed by atoms with Crippen molar-refractivity contribution in [3.63, 3.8) is 0 Å². The molecule has 0 saturated carbocycles. The van der Waals surface area contributed by atoms with Crippen LogP contribution in [0.25, 0.3) is 16.8 Å². The molecule has 6 rings (SSSR count). The number of pyridine rings is 1. The topological polar surface area (TPSA) is 108 Å². The minimum atomic E-state index is -0.889. The zero-order chi connectivity index (χ0) is 23.4. The van der Waals surface area contributed by atoms with Gasteiger partial charge in [0.25, 0.3) is 5.78 Å². The highest BCUT2D eigenvalue weighted by atomic mass is 16.5. The Morgan fingerprint density at radius 1 is 1.18 bits per heavy atom. The Labute approximate surface area is 194 Å². The first-order chi connectivity index (χ1) is 16.5. The maximum Gasteiger partial charge on any atom is 0.302 e. The SMILES string of the molecule is Cc1ccc2nc(N3C(=O)C(=O)/C(=C(/O)c4ccc5c(c4)CCO5)C3c3cccnc3)[nH]c2c1. The van der Waals surface area contributed by atoms with Crippen LogP contribution in [0.15, 0.2) is 66.5 Å². The molecule has 8 heteroatoms. The number of amides is 1. The largest absolute Gasteiger partial charge is 0.507 e. The number of H-pyrrole nitrogens is 1. The molecule has 168 valence electrons. The van der Waals surface area contributed by atoms with E-state index in [0.717, 1.165) is 28.8 Å². The maximum atomic E-state index is 13.3. The highest BCUT2D eigenvalue weighted by Gasteiger charge is 2.48. The molecular weight excluding hydrogens is 432 g/mol. The molecule has 2 aromatic carbocycles. The minimum absolute atomic E-state index is 0.00602. The van der Waals surface area contributed by atoms with Crippen LogP contribution in [0, 0.1) is 6.92 Å². The summed E-state index contributed by atoms with van der Waals surface area (Å²) in [4.78, 5) is 39.8. The van der Waals surface area contributed by atoms with Crippen molar-refractivity contribution in [2.45, 2.75) is 19.4 Å². The van der Waals surface area contributed by atoms with E-state index in [1.807, 2.05) is 25.1 Å². The van der Waals surface area contributed by atoms with Crippen LogP contribution in [0.4, 0.5) is 5.95 Å². The summed E-state index contributed by atoms with van der Waals surface area (Å²) in [6, 6.07) is 13.6. The van der Waals surface area contributed by atoms with Crippen molar-refractivity contribution in [2.75, 3.05) is 11.5 Å². The van der Waals surface area contributed by atoms with Gasteiger partial charge in [0.1, 0.15) is 11.5 Å². The van der Waals surface area contributed by atoms with Gasteiger partial charge in [-0.05, 0) is 60.0 Å². The number of aryl methyl sites for hydroxylation is 1. The number of fused-ring (bicyclic) bond motifs is 2. The summed E-state index contributed by atoms with van der Waals surface area (Å²) in [5.41, 5.74) is 4.44. The average molecular weight is 452 g/mol. The third-order valence-corrected chi connectivity index (χ3v) is 6.26. The Kier molecular flexibility index (Phi) is 4.48. The van der Waals surface area contributed by atoms with Gasteiger partial charge < -0.3 is 14.8 Å². The van der Waals surface area contributed by atoms with E-state index in [1.165, 1.54) is 4.90 Å². The van der Waals surface area contributed by atoms with Crippen LogP contribution in [0.2, 0.25) is 0 Å². The van der Waals surface area contributed by atoms with Gasteiger partial charge in [0.15, 0.2) is 0 Å². The monoisotopic (exact) mass is 452 g/mol. The first kappa shape index (κ1) is 20.2. The smallest absolute Gasteiger partial charge is 0.302 e. The number of benzene rings is 2. The minimum Gasteiger partial charge on any atom is -0.507 e. The molecule has 1 fully saturated rings. The first-order valence-corrected chi connectivity index (χ1v) is 10.9. The second-order valence-electron chi connectivity index (χ2n) is 8.46. The maximum absolute atomic E-state index is 13.3. The molecule has 1 amide bonds. The number of hydrogen-bond donors (Lipinski definition) is 2. The van der Waals surface area contributed by atoms with E-state index in [4.69, 9.17) is 4.74 Å². The number of aromatic amines is 1. The fraction of sp³-hybridized carbons (Fsp3) is 0.154. The molecule has 1 unspecified atom stereocenters. The van der Waals surface area contributed by atoms with Crippen LogP contribution >= 0.6 is 0 Å². The molecule has 4 heterocycles. The van der Waals surface area contributed by atoms with Gasteiger partial charge >= 0.3 is 5.91 Å². The number of hydrogen-bond acceptors (Lipinski definition) is 6. The van der Waals surface area contributed by atoms with E-state index < -0.39 is 17.7 Å². The molecule has 1 atom stereocenters. The lowest BCUT2D eigenvalue weighted by Crippen LogP contribution is -2.30. The number of ether oxygens (including phenoxy) is 1. The Morgan fingerprint density at radius 3 is 2.88 bits per heavy atom. The number of nitrogens with zero attached hydrogens (tertiary/aromatic N) is 3. The number of ketones is 1. The Balaban J connectivity index is 1.54. The highest BCUT2D eigenvalue weighted by Crippen LogP contribution is 2.42. The number of anilines is 1. The number of aliphatic hydroxyl groups is 1. The lowest BCUT2D eigenvalue weighted by Gasteiger charge is -2.22. The molecule has 2 N–H and O–H groups in total. The van der Waals surface area contributed by atoms with Crippen molar-refractivity contribution < 1.29 is 19.4 Å². The lowest BCUT2D eigenvalue weighted by atomic mass is 9.95. The van der Waals surface area contributed by atoms with E-state index >= 15 is 0 Å². The number of carbonyl (C=O) groups is 2. The van der Waals surface area contributed by atoms with Gasteiger partial charge in [-0.2, -0.15) is 0 Å². The molecule has 34 heavy (non-hydrogen) atoms. The fourth-order valence-electron chi connectivity index (χ4n) is 4.62. The molecular formula is C26H20N4O4. The van der Waals surface area contributed by atoms with Crippen molar-refractivity contribution in [1.82, 2.24) is 15.0 Å². The standard InChI is InChI=1S/C26H20N4O4/c1-14-4-6-18-19(11-14)29-26(28-18)30-22(17-3-2-9-27-13-17)21(24(32)25(30)33)23(31)16-5-7-20-15(12-16)8-10-34-20/h2-7,9,11-13,22,31H,8,10H2,1H3,(H,28,29)/b23-21+. The van der Waals surface area contributed by atoms with Crippen molar-refractivity contribution in [3.05, 3.63) is 88.8 Å². The van der Waals surface area contributed by atoms with Crippen LogP contribution in [-0.4, -0.2) is 38.4 Å². The van der Waals surface area contributed by atoms with Crippen LogP contribution in [0.3, 0.4) is 0 Å². The molecule has 0 aliphatic carbocycles. The van der Waals surface area contributed by atoms with Crippen LogP contribution < -0.4 is 9.64 Å². The third kappa shape index (κ3) is 3.07. The summed E-state index contributed by atoms with van der Waals surface area (Å²) < 4.78 is 5.55. The van der Waals surface area contributed by atoms with Gasteiger partial charge in [-0.1, -0.05) is 12.1 Å². The Bertz CT molecular complexity index is 1510. The van der Waals surface area contributed by atoms with E-state index in [-0.39, 0.29) is 17.3 Å².